The highest BCUT2D eigenvalue weighted by Crippen LogP contribution is 2.52. The second-order valence-corrected chi connectivity index (χ2v) is 17.3. The Morgan fingerprint density at radius 2 is 0.955 bits per heavy atom. The standard InChI is InChI=1S/C63H41N3O/c1-4-17-40(18-5-1)45-23-16-24-46(37-45)55-39-56(66-63(65-55)44-21-8-3-9-22-44)50-36-35-47(48-25-10-11-26-49(48)50)41-31-33-43(34-32-41)62-53-38-58-61(52-28-13-15-30-57(52)67-58)59(42-19-6-2-7-20-42)60(53)51-27-12-14-29-54(51)64-62/h1-39,62,64H. The van der Waals surface area contributed by atoms with E-state index in [1.807, 2.05) is 24.3 Å². The monoisotopic (exact) mass is 855 g/mol. The number of benzene rings is 10. The van der Waals surface area contributed by atoms with Gasteiger partial charge in [-0.3, -0.25) is 0 Å². The van der Waals surface area contributed by atoms with Crippen LogP contribution in [0.5, 0.6) is 0 Å². The van der Waals surface area contributed by atoms with Crippen molar-refractivity contribution in [3.8, 4) is 78.4 Å². The number of aromatic nitrogens is 2. The zero-order valence-corrected chi connectivity index (χ0v) is 36.4. The van der Waals surface area contributed by atoms with Crippen molar-refractivity contribution in [2.24, 2.45) is 0 Å². The van der Waals surface area contributed by atoms with Gasteiger partial charge < -0.3 is 9.73 Å². The molecule has 13 rings (SSSR count). The van der Waals surface area contributed by atoms with Crippen molar-refractivity contribution in [2.75, 3.05) is 5.32 Å². The Bertz CT molecular complexity index is 3820. The van der Waals surface area contributed by atoms with Crippen LogP contribution >= 0.6 is 0 Å². The summed E-state index contributed by atoms with van der Waals surface area (Å²) in [5, 5.41) is 8.52. The predicted molar refractivity (Wildman–Crippen MR) is 277 cm³/mol. The largest absolute Gasteiger partial charge is 0.456 e. The van der Waals surface area contributed by atoms with E-state index in [2.05, 4.69) is 218 Å². The molecule has 1 N–H and O–H groups in total. The number of rotatable bonds is 7. The summed E-state index contributed by atoms with van der Waals surface area (Å²) in [6.45, 7) is 0. The molecule has 314 valence electrons. The van der Waals surface area contributed by atoms with Gasteiger partial charge in [0.2, 0.25) is 0 Å². The van der Waals surface area contributed by atoms with Gasteiger partial charge in [0.1, 0.15) is 11.2 Å². The molecule has 1 aliphatic heterocycles. The van der Waals surface area contributed by atoms with Crippen molar-refractivity contribution in [2.45, 2.75) is 6.04 Å². The third-order valence-corrected chi connectivity index (χ3v) is 13.3. The van der Waals surface area contributed by atoms with Crippen LogP contribution in [0.3, 0.4) is 0 Å². The van der Waals surface area contributed by atoms with Crippen LogP contribution in [0.25, 0.3) is 111 Å². The molecule has 67 heavy (non-hydrogen) atoms. The third-order valence-electron chi connectivity index (χ3n) is 13.3. The molecule has 10 aromatic carbocycles. The topological polar surface area (TPSA) is 51.0 Å². The van der Waals surface area contributed by atoms with Gasteiger partial charge in [0.25, 0.3) is 0 Å². The smallest absolute Gasteiger partial charge is 0.160 e. The number of fused-ring (bicyclic) bond motifs is 7. The van der Waals surface area contributed by atoms with E-state index in [9.17, 15) is 0 Å². The van der Waals surface area contributed by atoms with E-state index in [-0.39, 0.29) is 6.04 Å². The van der Waals surface area contributed by atoms with Crippen LogP contribution in [0.1, 0.15) is 17.2 Å². The first kappa shape index (κ1) is 38.6. The highest BCUT2D eigenvalue weighted by Gasteiger charge is 2.31. The Labute approximate surface area is 388 Å². The molecular formula is C63H41N3O. The number of para-hydroxylation sites is 2. The van der Waals surface area contributed by atoms with Gasteiger partial charge in [-0.15, -0.1) is 0 Å². The first-order valence-electron chi connectivity index (χ1n) is 22.8. The summed E-state index contributed by atoms with van der Waals surface area (Å²) in [6, 6.07) is 83.8. The van der Waals surface area contributed by atoms with Crippen molar-refractivity contribution in [1.29, 1.82) is 0 Å². The maximum absolute atomic E-state index is 6.66. The number of nitrogens with one attached hydrogen (secondary N) is 1. The number of nitrogens with zero attached hydrogens (tertiary/aromatic N) is 2. The Morgan fingerprint density at radius 3 is 1.73 bits per heavy atom. The minimum atomic E-state index is -0.114. The average molecular weight is 856 g/mol. The van der Waals surface area contributed by atoms with Crippen molar-refractivity contribution in [1.82, 2.24) is 9.97 Å². The number of hydrogen-bond acceptors (Lipinski definition) is 4. The maximum Gasteiger partial charge on any atom is 0.160 e. The lowest BCUT2D eigenvalue weighted by Gasteiger charge is -2.32. The minimum Gasteiger partial charge on any atom is -0.456 e. The van der Waals surface area contributed by atoms with Gasteiger partial charge >= 0.3 is 0 Å². The fraction of sp³-hybridized carbons (Fsp3) is 0.0159. The van der Waals surface area contributed by atoms with Crippen molar-refractivity contribution in [3.63, 3.8) is 0 Å². The third kappa shape index (κ3) is 6.69. The first-order chi connectivity index (χ1) is 33.2. The Morgan fingerprint density at radius 1 is 0.358 bits per heavy atom. The van der Waals surface area contributed by atoms with Crippen LogP contribution in [0.4, 0.5) is 5.69 Å². The lowest BCUT2D eigenvalue weighted by atomic mass is 9.80. The van der Waals surface area contributed by atoms with Crippen LogP contribution in [0, 0.1) is 0 Å². The molecule has 0 bridgehead atoms. The van der Waals surface area contributed by atoms with Crippen LogP contribution in [-0.2, 0) is 0 Å². The van der Waals surface area contributed by atoms with Crippen molar-refractivity contribution < 1.29 is 4.42 Å². The fourth-order valence-corrected chi connectivity index (χ4v) is 10.2. The van der Waals surface area contributed by atoms with E-state index in [0.29, 0.717) is 5.82 Å². The van der Waals surface area contributed by atoms with E-state index >= 15 is 0 Å². The second-order valence-electron chi connectivity index (χ2n) is 17.3. The molecule has 1 unspecified atom stereocenters. The molecule has 1 atom stereocenters. The molecule has 0 fully saturated rings. The molecule has 0 saturated carbocycles. The molecule has 4 heteroatoms. The maximum atomic E-state index is 6.66. The van der Waals surface area contributed by atoms with Gasteiger partial charge in [0.15, 0.2) is 5.82 Å². The highest BCUT2D eigenvalue weighted by atomic mass is 16.3. The molecule has 1 aliphatic rings. The molecule has 3 heterocycles. The van der Waals surface area contributed by atoms with Crippen LogP contribution in [-0.4, -0.2) is 9.97 Å². The van der Waals surface area contributed by atoms with E-state index in [0.717, 1.165) is 83.2 Å². The molecule has 0 spiro atoms. The summed E-state index contributed by atoms with van der Waals surface area (Å²) < 4.78 is 6.66. The van der Waals surface area contributed by atoms with E-state index in [1.54, 1.807) is 0 Å². The van der Waals surface area contributed by atoms with E-state index in [1.165, 1.54) is 38.9 Å². The molecule has 4 nitrogen and oxygen atoms in total. The zero-order valence-electron chi connectivity index (χ0n) is 36.4. The SMILES string of the molecule is c1ccc(-c2cccc(-c3cc(-c4ccc(-c5ccc(C6Nc7ccccc7-c7c6cc6oc8ccccc8c6c7-c6ccccc6)cc5)c5ccccc45)nc(-c4ccccc4)n3)c2)cc1. The molecule has 0 aliphatic carbocycles. The van der Waals surface area contributed by atoms with Crippen LogP contribution < -0.4 is 5.32 Å². The lowest BCUT2D eigenvalue weighted by molar-refractivity contribution is 0.668. The summed E-state index contributed by atoms with van der Waals surface area (Å²) in [5.41, 5.74) is 19.5. The Kier molecular flexibility index (Phi) is 9.21. The van der Waals surface area contributed by atoms with Gasteiger partial charge in [-0.25, -0.2) is 9.97 Å². The quantitative estimate of drug-likeness (QED) is 0.173. The number of hydrogen-bond donors (Lipinski definition) is 1. The van der Waals surface area contributed by atoms with Gasteiger partial charge in [0, 0.05) is 44.3 Å². The molecule has 0 amide bonds. The van der Waals surface area contributed by atoms with E-state index in [4.69, 9.17) is 14.4 Å². The Hall–Kier alpha value is -8.86. The van der Waals surface area contributed by atoms with Crippen molar-refractivity contribution >= 4 is 38.4 Å². The molecule has 0 radical (unpaired) electrons. The second kappa shape index (κ2) is 16.0. The lowest BCUT2D eigenvalue weighted by Crippen LogP contribution is -2.18. The molecule has 12 aromatic rings. The van der Waals surface area contributed by atoms with Crippen molar-refractivity contribution in [3.05, 3.63) is 248 Å². The summed E-state index contributed by atoms with van der Waals surface area (Å²) in [7, 11) is 0. The molecule has 0 saturated heterocycles. The summed E-state index contributed by atoms with van der Waals surface area (Å²) >= 11 is 0. The molecule has 2 aromatic heterocycles. The average Bonchev–Trinajstić information content (AvgIpc) is 3.78. The van der Waals surface area contributed by atoms with Gasteiger partial charge in [-0.05, 0) is 85.6 Å². The fourth-order valence-electron chi connectivity index (χ4n) is 10.2. The number of furan rings is 1. The normalized spacial score (nSPS) is 13.0. The summed E-state index contributed by atoms with van der Waals surface area (Å²) in [6.07, 6.45) is 0. The van der Waals surface area contributed by atoms with Crippen LogP contribution in [0.2, 0.25) is 0 Å². The van der Waals surface area contributed by atoms with Crippen LogP contribution in [0.15, 0.2) is 241 Å². The molecular weight excluding hydrogens is 815 g/mol. The van der Waals surface area contributed by atoms with Gasteiger partial charge in [-0.2, -0.15) is 0 Å². The minimum absolute atomic E-state index is 0.114. The highest BCUT2D eigenvalue weighted by molar-refractivity contribution is 6.17. The predicted octanol–water partition coefficient (Wildman–Crippen LogP) is 16.7. The first-order valence-corrected chi connectivity index (χ1v) is 22.8. The van der Waals surface area contributed by atoms with Gasteiger partial charge in [0.05, 0.1) is 17.4 Å². The summed E-state index contributed by atoms with van der Waals surface area (Å²) in [4.78, 5) is 10.4. The Balaban J connectivity index is 0.921. The van der Waals surface area contributed by atoms with E-state index < -0.39 is 0 Å². The zero-order chi connectivity index (χ0) is 44.3. The van der Waals surface area contributed by atoms with Gasteiger partial charge in [-0.1, -0.05) is 206 Å². The summed E-state index contributed by atoms with van der Waals surface area (Å²) in [5.74, 6) is 0.694. The number of anilines is 1.